The molecule has 32 heavy (non-hydrogen) atoms. The van der Waals surface area contributed by atoms with E-state index < -0.39 is 12.9 Å². The van der Waals surface area contributed by atoms with Gasteiger partial charge in [-0.15, -0.1) is 10.2 Å². The number of ether oxygens (including phenoxy) is 1. The maximum absolute atomic E-state index is 12.7. The molecule has 0 saturated heterocycles. The number of carbonyl (C=O) groups excluding carboxylic acids is 2. The highest BCUT2D eigenvalue weighted by atomic mass is 16.5. The highest BCUT2D eigenvalue weighted by Gasteiger charge is 2.30. The van der Waals surface area contributed by atoms with Crippen LogP contribution in [-0.4, -0.2) is 50.9 Å². The first-order chi connectivity index (χ1) is 16.6. The second-order valence-electron chi connectivity index (χ2n) is 7.33. The van der Waals surface area contributed by atoms with E-state index in [1.807, 2.05) is 11.4 Å². The second kappa shape index (κ2) is 8.61. The van der Waals surface area contributed by atoms with Crippen molar-refractivity contribution in [3.63, 3.8) is 0 Å². The fourth-order valence-electron chi connectivity index (χ4n) is 3.27. The largest absolute Gasteiger partial charge is 0.494 e. The molecule has 2 heterocycles. The first-order valence-corrected chi connectivity index (χ1v) is 9.89. The topological polar surface area (TPSA) is 136 Å². The van der Waals surface area contributed by atoms with Gasteiger partial charge in [0.2, 0.25) is 5.91 Å². The number of carbonyl (C=O) groups is 2. The van der Waals surface area contributed by atoms with Gasteiger partial charge < -0.3 is 20.7 Å². The van der Waals surface area contributed by atoms with Gasteiger partial charge in [-0.25, -0.2) is 9.67 Å². The Morgan fingerprint density at radius 2 is 2.06 bits per heavy atom. The van der Waals surface area contributed by atoms with Crippen molar-refractivity contribution in [2.75, 3.05) is 24.7 Å². The minimum Gasteiger partial charge on any atom is -0.494 e. The van der Waals surface area contributed by atoms with Gasteiger partial charge in [0.15, 0.2) is 23.1 Å². The molecule has 0 radical (unpaired) electrons. The number of amides is 2. The summed E-state index contributed by atoms with van der Waals surface area (Å²) in [4.78, 5) is 29.3. The Hall–Kier alpha value is -4.02. The van der Waals surface area contributed by atoms with Crippen molar-refractivity contribution in [1.82, 2.24) is 30.3 Å². The quantitative estimate of drug-likeness (QED) is 0.509. The summed E-state index contributed by atoms with van der Waals surface area (Å²) in [6, 6.07) is 6.69. The summed E-state index contributed by atoms with van der Waals surface area (Å²) in [6.45, 7) is -0.955. The van der Waals surface area contributed by atoms with Gasteiger partial charge in [-0.2, -0.15) is 5.10 Å². The Morgan fingerprint density at radius 1 is 1.25 bits per heavy atom. The predicted octanol–water partition coefficient (Wildman–Crippen LogP) is 2.04. The highest BCUT2D eigenvalue weighted by Crippen LogP contribution is 2.37. The van der Waals surface area contributed by atoms with Crippen LogP contribution in [-0.2, 0) is 11.8 Å². The molecule has 1 aliphatic carbocycles. The zero-order chi connectivity index (χ0) is 25.3. The molecule has 11 heteroatoms. The lowest BCUT2D eigenvalue weighted by Crippen LogP contribution is -2.22. The average molecular weight is 439 g/mol. The zero-order valence-corrected chi connectivity index (χ0v) is 17.8. The molecule has 1 fully saturated rings. The van der Waals surface area contributed by atoms with Gasteiger partial charge in [0, 0.05) is 30.1 Å². The van der Waals surface area contributed by atoms with Crippen LogP contribution in [0, 0.1) is 12.8 Å². The average Bonchev–Trinajstić information content (AvgIpc) is 3.57. The van der Waals surface area contributed by atoms with Crippen molar-refractivity contribution in [2.45, 2.75) is 19.8 Å². The number of nitrogens with zero attached hydrogens (tertiary/aromatic N) is 5. The number of nitrogens with one attached hydrogen (secondary N) is 3. The highest BCUT2D eigenvalue weighted by molar-refractivity contribution is 6.00. The number of anilines is 3. The van der Waals surface area contributed by atoms with Crippen molar-refractivity contribution in [3.8, 4) is 17.1 Å². The van der Waals surface area contributed by atoms with E-state index in [2.05, 4.69) is 30.9 Å². The Labute approximate surface area is 188 Å². The molecule has 0 spiro atoms. The van der Waals surface area contributed by atoms with Gasteiger partial charge in [-0.05, 0) is 31.9 Å². The van der Waals surface area contributed by atoms with Crippen LogP contribution in [0.4, 0.5) is 17.2 Å². The number of methoxy groups -OCH3 is 1. The molecule has 2 amide bonds. The van der Waals surface area contributed by atoms with Crippen LogP contribution < -0.4 is 20.7 Å². The molecule has 11 nitrogen and oxygen atoms in total. The van der Waals surface area contributed by atoms with E-state index in [0.717, 1.165) is 12.8 Å². The summed E-state index contributed by atoms with van der Waals surface area (Å²) in [7, 11) is 3.25. The molecule has 3 N–H and O–H groups in total. The fourth-order valence-corrected chi connectivity index (χ4v) is 3.27. The van der Waals surface area contributed by atoms with Crippen LogP contribution >= 0.6 is 0 Å². The Balaban J connectivity index is 1.74. The Bertz CT molecular complexity index is 1290. The minimum absolute atomic E-state index is 0.0710. The third-order valence-corrected chi connectivity index (χ3v) is 4.92. The van der Waals surface area contributed by atoms with Gasteiger partial charge in [0.1, 0.15) is 5.82 Å². The van der Waals surface area contributed by atoms with E-state index in [9.17, 15) is 9.59 Å². The first kappa shape index (κ1) is 17.6. The number of benzene rings is 1. The van der Waals surface area contributed by atoms with E-state index in [0.29, 0.717) is 28.6 Å². The molecule has 3 aromatic rings. The van der Waals surface area contributed by atoms with E-state index >= 15 is 0 Å². The predicted molar refractivity (Wildman–Crippen MR) is 118 cm³/mol. The summed E-state index contributed by atoms with van der Waals surface area (Å²) < 4.78 is 29.3. The number of para-hydroxylation sites is 1. The SMILES string of the molecule is [2H]C([2H])([2H])NC(=O)c1nnc(NC(=O)C2CC2)cc1Nc1cccc(-c2nc(C)nn2C)c1OC. The summed E-state index contributed by atoms with van der Waals surface area (Å²) in [6.07, 6.45) is 1.60. The first-order valence-electron chi connectivity index (χ1n) is 11.4. The smallest absolute Gasteiger partial charge is 0.273 e. The van der Waals surface area contributed by atoms with Crippen molar-refractivity contribution >= 4 is 29.0 Å². The fraction of sp³-hybridized carbons (Fsp3) is 0.333. The molecule has 0 atom stereocenters. The maximum atomic E-state index is 12.7. The van der Waals surface area contributed by atoms with Crippen LogP contribution in [0.15, 0.2) is 24.3 Å². The lowest BCUT2D eigenvalue weighted by atomic mass is 10.1. The van der Waals surface area contributed by atoms with Crippen molar-refractivity contribution in [2.24, 2.45) is 13.0 Å². The van der Waals surface area contributed by atoms with E-state index in [1.165, 1.54) is 13.2 Å². The van der Waals surface area contributed by atoms with Gasteiger partial charge in [-0.1, -0.05) is 6.07 Å². The monoisotopic (exact) mass is 439 g/mol. The van der Waals surface area contributed by atoms with Crippen molar-refractivity contribution in [1.29, 1.82) is 0 Å². The molecule has 2 aromatic heterocycles. The van der Waals surface area contributed by atoms with Crippen LogP contribution in [0.25, 0.3) is 11.4 Å². The van der Waals surface area contributed by atoms with Crippen molar-refractivity contribution < 1.29 is 18.4 Å². The summed E-state index contributed by atoms with van der Waals surface area (Å²) in [5, 5.41) is 19.7. The van der Waals surface area contributed by atoms with Gasteiger partial charge >= 0.3 is 0 Å². The van der Waals surface area contributed by atoms with Crippen LogP contribution in [0.3, 0.4) is 0 Å². The number of hydrogen-bond acceptors (Lipinski definition) is 8. The molecule has 0 aliphatic heterocycles. The van der Waals surface area contributed by atoms with E-state index in [1.54, 1.807) is 30.8 Å². The third-order valence-electron chi connectivity index (χ3n) is 4.92. The van der Waals surface area contributed by atoms with Gasteiger partial charge in [-0.3, -0.25) is 9.59 Å². The molecule has 1 aliphatic rings. The molecule has 1 aromatic carbocycles. The molecule has 166 valence electrons. The molecular formula is C21H24N8O3. The Morgan fingerprint density at radius 3 is 2.72 bits per heavy atom. The molecule has 1 saturated carbocycles. The van der Waals surface area contributed by atoms with Crippen molar-refractivity contribution in [3.05, 3.63) is 35.8 Å². The minimum atomic E-state index is -2.73. The summed E-state index contributed by atoms with van der Waals surface area (Å²) >= 11 is 0. The standard InChI is InChI=1S/C21H24N8O3/c1-11-23-19(29(3)28-11)13-6-5-7-14(18(13)32-4)24-15-10-16(25-20(30)12-8-9-12)26-27-17(15)21(31)22-2/h5-7,10,12H,8-9H2,1-4H3,(H,22,31)(H2,24,25,26,30)/i2D3. The lowest BCUT2D eigenvalue weighted by Gasteiger charge is -2.16. The maximum Gasteiger partial charge on any atom is 0.273 e. The van der Waals surface area contributed by atoms with Crippen LogP contribution in [0.1, 0.15) is 33.3 Å². The third kappa shape index (κ3) is 4.22. The normalized spacial score (nSPS) is 14.7. The number of aryl methyl sites for hydroxylation is 2. The number of aromatic nitrogens is 5. The molecule has 0 unspecified atom stereocenters. The van der Waals surface area contributed by atoms with Gasteiger partial charge in [0.25, 0.3) is 5.91 Å². The van der Waals surface area contributed by atoms with E-state index in [-0.39, 0.29) is 29.0 Å². The summed E-state index contributed by atoms with van der Waals surface area (Å²) in [5.74, 6) is 0.452. The number of rotatable bonds is 7. The second-order valence-corrected chi connectivity index (χ2v) is 7.33. The molecule has 0 bridgehead atoms. The molecule has 4 rings (SSSR count). The van der Waals surface area contributed by atoms with E-state index in [4.69, 9.17) is 8.85 Å². The van der Waals surface area contributed by atoms with Crippen LogP contribution in [0.5, 0.6) is 5.75 Å². The van der Waals surface area contributed by atoms with Gasteiger partial charge in [0.05, 0.1) is 24.0 Å². The lowest BCUT2D eigenvalue weighted by molar-refractivity contribution is -0.117. The molecular weight excluding hydrogens is 412 g/mol. The number of hydrogen-bond donors (Lipinski definition) is 3. The summed E-state index contributed by atoms with van der Waals surface area (Å²) in [5.41, 5.74) is 0.935. The zero-order valence-electron chi connectivity index (χ0n) is 20.8. The van der Waals surface area contributed by atoms with Crippen LogP contribution in [0.2, 0.25) is 0 Å². The Kier molecular flexibility index (Phi) is 4.75.